The Balaban J connectivity index is 1.86. The summed E-state index contributed by atoms with van der Waals surface area (Å²) >= 11 is 1.29. The van der Waals surface area contributed by atoms with Gasteiger partial charge >= 0.3 is 5.97 Å². The molecule has 0 aliphatic heterocycles. The Kier molecular flexibility index (Phi) is 7.07. The number of carbonyl (C=O) groups is 1. The van der Waals surface area contributed by atoms with Gasteiger partial charge in [-0.05, 0) is 30.7 Å². The standard InChI is InChI=1S/C20H19FN4O3S/c1-2-28-18(26)12-25-11-15(10-17-22-8-3-9-23-17)19(27)24-20(25)29-13-14-4-6-16(21)7-5-14/h3-9,11H,2,10,12-13H2,1H3. The van der Waals surface area contributed by atoms with Crippen molar-refractivity contribution in [2.45, 2.75) is 30.8 Å². The van der Waals surface area contributed by atoms with Gasteiger partial charge < -0.3 is 9.30 Å². The smallest absolute Gasteiger partial charge is 0.326 e. The van der Waals surface area contributed by atoms with Crippen molar-refractivity contribution in [1.29, 1.82) is 0 Å². The third kappa shape index (κ3) is 5.95. The molecule has 150 valence electrons. The van der Waals surface area contributed by atoms with E-state index < -0.39 is 11.5 Å². The lowest BCUT2D eigenvalue weighted by atomic mass is 10.2. The Bertz CT molecular complexity index is 1030. The first-order valence-corrected chi connectivity index (χ1v) is 9.93. The summed E-state index contributed by atoms with van der Waals surface area (Å²) in [6, 6.07) is 7.76. The van der Waals surface area contributed by atoms with E-state index in [-0.39, 0.29) is 25.4 Å². The topological polar surface area (TPSA) is 87.0 Å². The molecule has 2 heterocycles. The summed E-state index contributed by atoms with van der Waals surface area (Å²) in [5.41, 5.74) is 0.848. The fourth-order valence-corrected chi connectivity index (χ4v) is 3.46. The summed E-state index contributed by atoms with van der Waals surface area (Å²) in [7, 11) is 0. The molecule has 2 aromatic heterocycles. The zero-order chi connectivity index (χ0) is 20.6. The minimum atomic E-state index is -0.427. The number of carbonyl (C=O) groups excluding carboxylic acids is 1. The SMILES string of the molecule is CCOC(=O)Cn1cc(Cc2ncccn2)c(=O)nc1SCc1ccc(F)cc1. The van der Waals surface area contributed by atoms with Gasteiger partial charge in [0.2, 0.25) is 0 Å². The predicted molar refractivity (Wildman–Crippen MR) is 106 cm³/mol. The zero-order valence-corrected chi connectivity index (χ0v) is 16.6. The number of ether oxygens (including phenoxy) is 1. The fraction of sp³-hybridized carbons (Fsp3) is 0.250. The van der Waals surface area contributed by atoms with E-state index in [1.165, 1.54) is 23.9 Å². The predicted octanol–water partition coefficient (Wildman–Crippen LogP) is 2.62. The molecule has 7 nitrogen and oxygen atoms in total. The van der Waals surface area contributed by atoms with Gasteiger partial charge in [0, 0.05) is 36.3 Å². The second kappa shape index (κ2) is 9.92. The van der Waals surface area contributed by atoms with E-state index in [0.717, 1.165) is 5.56 Å². The third-order valence-electron chi connectivity index (χ3n) is 3.88. The number of hydrogen-bond acceptors (Lipinski definition) is 7. The van der Waals surface area contributed by atoms with Gasteiger partial charge in [-0.15, -0.1) is 0 Å². The average Bonchev–Trinajstić information content (AvgIpc) is 2.71. The lowest BCUT2D eigenvalue weighted by Gasteiger charge is -2.13. The Morgan fingerprint density at radius 2 is 1.93 bits per heavy atom. The Morgan fingerprint density at radius 3 is 2.62 bits per heavy atom. The Morgan fingerprint density at radius 1 is 1.21 bits per heavy atom. The van der Waals surface area contributed by atoms with E-state index in [1.807, 2.05) is 0 Å². The average molecular weight is 414 g/mol. The number of nitrogens with zero attached hydrogens (tertiary/aromatic N) is 4. The van der Waals surface area contributed by atoms with Gasteiger partial charge in [-0.3, -0.25) is 9.59 Å². The molecule has 0 unspecified atom stereocenters. The first kappa shape index (κ1) is 20.7. The maximum Gasteiger partial charge on any atom is 0.326 e. The van der Waals surface area contributed by atoms with Crippen molar-refractivity contribution in [3.8, 4) is 0 Å². The van der Waals surface area contributed by atoms with Crippen LogP contribution in [0.15, 0.2) is 58.9 Å². The number of aromatic nitrogens is 4. The minimum Gasteiger partial charge on any atom is -0.465 e. The first-order valence-electron chi connectivity index (χ1n) is 8.94. The minimum absolute atomic E-state index is 0.0739. The van der Waals surface area contributed by atoms with Gasteiger partial charge in [-0.2, -0.15) is 4.98 Å². The van der Waals surface area contributed by atoms with Crippen LogP contribution in [0.2, 0.25) is 0 Å². The van der Waals surface area contributed by atoms with Crippen molar-refractivity contribution >= 4 is 17.7 Å². The lowest BCUT2D eigenvalue weighted by Crippen LogP contribution is -2.23. The molecular formula is C20H19FN4O3S. The van der Waals surface area contributed by atoms with Crippen LogP contribution < -0.4 is 5.56 Å². The van der Waals surface area contributed by atoms with Crippen molar-refractivity contribution in [3.05, 3.63) is 82.0 Å². The zero-order valence-electron chi connectivity index (χ0n) is 15.7. The molecule has 0 amide bonds. The molecule has 3 rings (SSSR count). The maximum atomic E-state index is 13.1. The molecule has 0 N–H and O–H groups in total. The van der Waals surface area contributed by atoms with Crippen molar-refractivity contribution in [2.75, 3.05) is 6.61 Å². The van der Waals surface area contributed by atoms with E-state index in [2.05, 4.69) is 15.0 Å². The summed E-state index contributed by atoms with van der Waals surface area (Å²) < 4.78 is 19.7. The number of rotatable bonds is 8. The third-order valence-corrected chi connectivity index (χ3v) is 4.94. The van der Waals surface area contributed by atoms with E-state index >= 15 is 0 Å². The molecule has 0 saturated carbocycles. The molecule has 0 aliphatic rings. The molecule has 9 heteroatoms. The molecular weight excluding hydrogens is 395 g/mol. The largest absolute Gasteiger partial charge is 0.465 e. The first-order chi connectivity index (χ1) is 14.0. The fourth-order valence-electron chi connectivity index (χ4n) is 2.54. The van der Waals surface area contributed by atoms with Crippen molar-refractivity contribution < 1.29 is 13.9 Å². The molecule has 0 bridgehead atoms. The van der Waals surface area contributed by atoms with Crippen molar-refractivity contribution in [3.63, 3.8) is 0 Å². The lowest BCUT2D eigenvalue weighted by molar-refractivity contribution is -0.144. The van der Waals surface area contributed by atoms with Crippen LogP contribution in [0.4, 0.5) is 4.39 Å². The summed E-state index contributed by atoms with van der Waals surface area (Å²) in [6.07, 6.45) is 4.99. The maximum absolute atomic E-state index is 13.1. The van der Waals surface area contributed by atoms with E-state index in [9.17, 15) is 14.0 Å². The van der Waals surface area contributed by atoms with Crippen LogP contribution in [0.5, 0.6) is 0 Å². The highest BCUT2D eigenvalue weighted by Crippen LogP contribution is 2.21. The van der Waals surface area contributed by atoms with Gasteiger partial charge in [0.1, 0.15) is 18.2 Å². The highest BCUT2D eigenvalue weighted by molar-refractivity contribution is 7.98. The number of esters is 1. The molecule has 3 aromatic rings. The second-order valence-corrected chi connectivity index (χ2v) is 6.99. The normalized spacial score (nSPS) is 10.7. The van der Waals surface area contributed by atoms with E-state index in [0.29, 0.717) is 22.3 Å². The van der Waals surface area contributed by atoms with Gasteiger partial charge in [-0.1, -0.05) is 23.9 Å². The molecule has 29 heavy (non-hydrogen) atoms. The number of halogens is 1. The summed E-state index contributed by atoms with van der Waals surface area (Å²) in [6.45, 7) is 1.91. The molecule has 0 saturated heterocycles. The summed E-state index contributed by atoms with van der Waals surface area (Å²) in [5, 5.41) is 0.380. The number of benzene rings is 1. The Labute approximate surface area is 171 Å². The van der Waals surface area contributed by atoms with Crippen LogP contribution >= 0.6 is 11.8 Å². The number of hydrogen-bond donors (Lipinski definition) is 0. The van der Waals surface area contributed by atoms with Crippen LogP contribution in [0.3, 0.4) is 0 Å². The van der Waals surface area contributed by atoms with Crippen molar-refractivity contribution in [1.82, 2.24) is 19.5 Å². The van der Waals surface area contributed by atoms with Gasteiger partial charge in [0.05, 0.1) is 6.61 Å². The highest BCUT2D eigenvalue weighted by atomic mass is 32.2. The van der Waals surface area contributed by atoms with Crippen LogP contribution in [-0.4, -0.2) is 32.1 Å². The van der Waals surface area contributed by atoms with Crippen LogP contribution in [0, 0.1) is 5.82 Å². The quantitative estimate of drug-likeness (QED) is 0.318. The molecule has 0 atom stereocenters. The molecule has 1 aromatic carbocycles. The number of thioether (sulfide) groups is 1. The van der Waals surface area contributed by atoms with E-state index in [4.69, 9.17) is 4.74 Å². The summed E-state index contributed by atoms with van der Waals surface area (Å²) in [5.74, 6) is 0.212. The summed E-state index contributed by atoms with van der Waals surface area (Å²) in [4.78, 5) is 36.9. The monoisotopic (exact) mass is 414 g/mol. The van der Waals surface area contributed by atoms with Gasteiger partial charge in [0.25, 0.3) is 5.56 Å². The molecule has 0 radical (unpaired) electrons. The second-order valence-electron chi connectivity index (χ2n) is 6.04. The van der Waals surface area contributed by atoms with Crippen LogP contribution in [0.1, 0.15) is 23.9 Å². The van der Waals surface area contributed by atoms with Crippen LogP contribution in [0.25, 0.3) is 0 Å². The van der Waals surface area contributed by atoms with Crippen molar-refractivity contribution in [2.24, 2.45) is 0 Å². The van der Waals surface area contributed by atoms with Gasteiger partial charge in [0.15, 0.2) is 5.16 Å². The van der Waals surface area contributed by atoms with Crippen LogP contribution in [-0.2, 0) is 28.2 Å². The Hall–Kier alpha value is -3.07. The molecule has 0 spiro atoms. The van der Waals surface area contributed by atoms with E-state index in [1.54, 1.807) is 48.3 Å². The van der Waals surface area contributed by atoms with Gasteiger partial charge in [-0.25, -0.2) is 14.4 Å². The molecule has 0 fully saturated rings. The highest BCUT2D eigenvalue weighted by Gasteiger charge is 2.14. The molecule has 0 aliphatic carbocycles.